The van der Waals surface area contributed by atoms with Gasteiger partial charge in [-0.3, -0.25) is 10.1 Å². The molecule has 0 aliphatic carbocycles. The number of aromatic nitrogens is 3. The number of hydrogen-bond acceptors (Lipinski definition) is 5. The smallest absolute Gasteiger partial charge is 0.419 e. The quantitative estimate of drug-likeness (QED) is 0.256. The lowest BCUT2D eigenvalue weighted by Crippen LogP contribution is -2.43. The number of aryl methyl sites for hydroxylation is 1. The summed E-state index contributed by atoms with van der Waals surface area (Å²) in [6.07, 6.45) is -2.50. The van der Waals surface area contributed by atoms with Crippen LogP contribution >= 0.6 is 0 Å². The van der Waals surface area contributed by atoms with Gasteiger partial charge >= 0.3 is 12.3 Å². The van der Waals surface area contributed by atoms with Crippen molar-refractivity contribution in [3.63, 3.8) is 0 Å². The van der Waals surface area contributed by atoms with Gasteiger partial charge in [-0.15, -0.1) is 0 Å². The van der Waals surface area contributed by atoms with Crippen LogP contribution in [0.5, 0.6) is 5.75 Å². The van der Waals surface area contributed by atoms with Crippen molar-refractivity contribution >= 4 is 17.0 Å². The van der Waals surface area contributed by atoms with Crippen molar-refractivity contribution in [3.05, 3.63) is 77.5 Å². The summed E-state index contributed by atoms with van der Waals surface area (Å²) in [4.78, 5) is 16.7. The number of fused-ring (bicyclic) bond motifs is 1. The van der Waals surface area contributed by atoms with E-state index in [1.54, 1.807) is 33.0 Å². The Morgan fingerprint density at radius 2 is 1.82 bits per heavy atom. The summed E-state index contributed by atoms with van der Waals surface area (Å²) >= 11 is 0. The molecule has 2 N–H and O–H groups in total. The van der Waals surface area contributed by atoms with Crippen LogP contribution in [0, 0.1) is 12.7 Å². The van der Waals surface area contributed by atoms with Crippen LogP contribution in [0.1, 0.15) is 37.6 Å². The maximum absolute atomic E-state index is 13.8. The fourth-order valence-corrected chi connectivity index (χ4v) is 4.00. The van der Waals surface area contributed by atoms with Crippen LogP contribution in [0.2, 0.25) is 0 Å². The Hall–Kier alpha value is -4.15. The molecule has 4 rings (SSSR count). The van der Waals surface area contributed by atoms with Gasteiger partial charge < -0.3 is 14.8 Å². The molecular formula is C28H28F4N4O3. The van der Waals surface area contributed by atoms with E-state index >= 15 is 0 Å². The Balaban J connectivity index is 1.54. The lowest BCUT2D eigenvalue weighted by Gasteiger charge is -2.24. The maximum atomic E-state index is 13.8. The molecule has 2 heterocycles. The molecule has 206 valence electrons. The molecule has 0 aliphatic heterocycles. The predicted octanol–water partition coefficient (Wildman–Crippen LogP) is 6.61. The molecule has 39 heavy (non-hydrogen) atoms. The summed E-state index contributed by atoms with van der Waals surface area (Å²) in [5, 5.41) is 10.8. The van der Waals surface area contributed by atoms with E-state index in [0.717, 1.165) is 39.9 Å². The van der Waals surface area contributed by atoms with Crippen LogP contribution in [0.3, 0.4) is 0 Å². The van der Waals surface area contributed by atoms with Crippen molar-refractivity contribution in [2.45, 2.75) is 51.9 Å². The summed E-state index contributed by atoms with van der Waals surface area (Å²) in [7, 11) is 0. The van der Waals surface area contributed by atoms with E-state index in [1.165, 1.54) is 12.3 Å². The van der Waals surface area contributed by atoms with Gasteiger partial charge in [-0.25, -0.2) is 9.18 Å². The summed E-state index contributed by atoms with van der Waals surface area (Å²) in [5.74, 6) is -0.978. The van der Waals surface area contributed by atoms with Crippen LogP contribution < -0.4 is 10.1 Å². The number of nitrogens with zero attached hydrogens (tertiary/aromatic N) is 2. The number of halogens is 4. The highest BCUT2D eigenvalue weighted by molar-refractivity contribution is 5.86. The summed E-state index contributed by atoms with van der Waals surface area (Å²) in [6, 6.07) is 9.49. The minimum atomic E-state index is -4.85. The third-order valence-electron chi connectivity index (χ3n) is 5.78. The maximum Gasteiger partial charge on any atom is 0.419 e. The highest BCUT2D eigenvalue weighted by Gasteiger charge is 2.34. The molecule has 0 aliphatic rings. The predicted molar refractivity (Wildman–Crippen MR) is 138 cm³/mol. The summed E-state index contributed by atoms with van der Waals surface area (Å²) in [5.41, 5.74) is 1.43. The van der Waals surface area contributed by atoms with Gasteiger partial charge in [0.2, 0.25) is 0 Å². The molecule has 0 saturated carbocycles. The molecule has 2 aromatic heterocycles. The number of H-pyrrole nitrogens is 1. The first-order chi connectivity index (χ1) is 18.3. The number of ether oxygens (including phenoxy) is 2. The molecule has 2 aromatic carbocycles. The number of alkyl carbamates (subject to hydrolysis) is 1. The first-order valence-electron chi connectivity index (χ1n) is 12.2. The zero-order valence-corrected chi connectivity index (χ0v) is 21.8. The number of hydrogen-bond donors (Lipinski definition) is 2. The van der Waals surface area contributed by atoms with Gasteiger partial charge in [0.05, 0.1) is 23.3 Å². The van der Waals surface area contributed by atoms with E-state index in [4.69, 9.17) is 9.47 Å². The van der Waals surface area contributed by atoms with Gasteiger partial charge in [0.15, 0.2) is 0 Å². The van der Waals surface area contributed by atoms with Crippen molar-refractivity contribution in [2.75, 3.05) is 6.61 Å². The lowest BCUT2D eigenvalue weighted by atomic mass is 10.0. The topological polar surface area (TPSA) is 89.1 Å². The van der Waals surface area contributed by atoms with Crippen LogP contribution in [0.15, 0.2) is 54.9 Å². The normalized spacial score (nSPS) is 12.8. The molecule has 0 saturated heterocycles. The number of rotatable bonds is 7. The Morgan fingerprint density at radius 3 is 2.54 bits per heavy atom. The van der Waals surface area contributed by atoms with Gasteiger partial charge in [0.1, 0.15) is 23.8 Å². The van der Waals surface area contributed by atoms with Crippen molar-refractivity contribution in [1.82, 2.24) is 20.5 Å². The fourth-order valence-electron chi connectivity index (χ4n) is 4.00. The number of benzene rings is 2. The number of alkyl halides is 3. The lowest BCUT2D eigenvalue weighted by molar-refractivity contribution is -0.140. The molecule has 1 atom stereocenters. The fraction of sp³-hybridized carbons (Fsp3) is 0.321. The minimum absolute atomic E-state index is 0.0633. The first kappa shape index (κ1) is 27.9. The van der Waals surface area contributed by atoms with Crippen LogP contribution in [-0.2, 0) is 17.3 Å². The van der Waals surface area contributed by atoms with E-state index in [-0.39, 0.29) is 18.6 Å². The molecule has 0 spiro atoms. The van der Waals surface area contributed by atoms with Crippen molar-refractivity contribution in [2.24, 2.45) is 0 Å². The monoisotopic (exact) mass is 544 g/mol. The molecule has 0 fully saturated rings. The Morgan fingerprint density at radius 1 is 1.05 bits per heavy atom. The average molecular weight is 545 g/mol. The number of pyridine rings is 1. The highest BCUT2D eigenvalue weighted by Crippen LogP contribution is 2.32. The van der Waals surface area contributed by atoms with Crippen molar-refractivity contribution < 1.29 is 31.8 Å². The highest BCUT2D eigenvalue weighted by atomic mass is 19.4. The second-order valence-corrected chi connectivity index (χ2v) is 10.2. The molecule has 7 nitrogen and oxygen atoms in total. The van der Waals surface area contributed by atoms with Gasteiger partial charge in [-0.1, -0.05) is 12.1 Å². The number of aromatic amines is 1. The molecule has 4 aromatic rings. The summed E-state index contributed by atoms with van der Waals surface area (Å²) < 4.78 is 64.7. The third kappa shape index (κ3) is 7.24. The zero-order chi connectivity index (χ0) is 28.4. The van der Waals surface area contributed by atoms with Crippen LogP contribution in [0.4, 0.5) is 22.4 Å². The number of carbonyl (C=O) groups is 1. The van der Waals surface area contributed by atoms with Crippen LogP contribution in [-0.4, -0.2) is 39.5 Å². The van der Waals surface area contributed by atoms with E-state index in [1.807, 2.05) is 25.1 Å². The molecule has 0 radical (unpaired) electrons. The van der Waals surface area contributed by atoms with Gasteiger partial charge in [-0.05, 0) is 75.6 Å². The molecule has 0 bridgehead atoms. The second kappa shape index (κ2) is 10.9. The zero-order valence-electron chi connectivity index (χ0n) is 21.8. The Bertz CT molecular complexity index is 1480. The molecule has 11 heteroatoms. The summed E-state index contributed by atoms with van der Waals surface area (Å²) in [6.45, 7) is 6.88. The largest absolute Gasteiger partial charge is 0.490 e. The molecular weight excluding hydrogens is 516 g/mol. The van der Waals surface area contributed by atoms with Gasteiger partial charge in [-0.2, -0.15) is 18.3 Å². The van der Waals surface area contributed by atoms with Crippen molar-refractivity contribution in [3.8, 4) is 16.9 Å². The molecule has 1 amide bonds. The van der Waals surface area contributed by atoms with Crippen LogP contribution in [0.25, 0.3) is 22.0 Å². The first-order valence-corrected chi connectivity index (χ1v) is 12.2. The van der Waals surface area contributed by atoms with E-state index < -0.39 is 35.3 Å². The second-order valence-electron chi connectivity index (χ2n) is 10.2. The SMILES string of the molecule is Cc1[nH]nc2ccc(-c3cncc(OC[C@H](Cc4ccc(F)c(C(F)(F)F)c4)NC(=O)OC(C)(C)C)c3)cc12. The molecule has 0 unspecified atom stereocenters. The van der Waals surface area contributed by atoms with Crippen molar-refractivity contribution in [1.29, 1.82) is 0 Å². The number of nitrogens with one attached hydrogen (secondary N) is 2. The average Bonchev–Trinajstić information content (AvgIpc) is 3.22. The van der Waals surface area contributed by atoms with E-state index in [2.05, 4.69) is 20.5 Å². The third-order valence-corrected chi connectivity index (χ3v) is 5.78. The van der Waals surface area contributed by atoms with Gasteiger partial charge in [0, 0.05) is 22.8 Å². The van der Waals surface area contributed by atoms with E-state index in [0.29, 0.717) is 5.75 Å². The Labute approximate surface area is 222 Å². The van der Waals surface area contributed by atoms with E-state index in [9.17, 15) is 22.4 Å². The standard InChI is InChI=1S/C28H28F4N4O3/c1-16-22-12-18(6-8-25(22)36-35-16)19-11-21(14-33-13-19)38-15-20(34-26(37)39-27(2,3)4)9-17-5-7-24(29)23(10-17)28(30,31)32/h5-8,10-14,20H,9,15H2,1-4H3,(H,34,37)(H,35,36)/t20-/m0/s1. The Kier molecular flexibility index (Phi) is 7.80. The minimum Gasteiger partial charge on any atom is -0.490 e. The van der Waals surface area contributed by atoms with Gasteiger partial charge in [0.25, 0.3) is 0 Å². The number of carbonyl (C=O) groups excluding carboxylic acids is 1. The number of amides is 1.